The first-order valence-corrected chi connectivity index (χ1v) is 5.65. The summed E-state index contributed by atoms with van der Waals surface area (Å²) in [5.74, 6) is -0.933. The number of carboxylic acid groups (broad SMARTS) is 1. The molecule has 0 amide bonds. The molecule has 4 nitrogen and oxygen atoms in total. The highest BCUT2D eigenvalue weighted by atomic mass is 16.5. The van der Waals surface area contributed by atoms with Crippen LogP contribution in [0.1, 0.15) is 24.2 Å². The van der Waals surface area contributed by atoms with Crippen molar-refractivity contribution in [3.63, 3.8) is 0 Å². The van der Waals surface area contributed by atoms with Crippen molar-refractivity contribution < 1.29 is 19.7 Å². The normalized spacial score (nSPS) is 10.8. The highest BCUT2D eigenvalue weighted by Crippen LogP contribution is 2.36. The number of fused-ring (bicyclic) bond motifs is 1. The summed E-state index contributed by atoms with van der Waals surface area (Å²) in [5.41, 5.74) is -0.149. The second-order valence-corrected chi connectivity index (χ2v) is 4.29. The van der Waals surface area contributed by atoms with E-state index >= 15 is 0 Å². The fourth-order valence-electron chi connectivity index (χ4n) is 1.84. The van der Waals surface area contributed by atoms with Crippen LogP contribution >= 0.6 is 0 Å². The minimum atomic E-state index is -1.17. The van der Waals surface area contributed by atoms with E-state index in [1.165, 1.54) is 6.07 Å². The Hall–Kier alpha value is -2.23. The second kappa shape index (κ2) is 4.56. The van der Waals surface area contributed by atoms with Gasteiger partial charge in [-0.15, -0.1) is 0 Å². The molecule has 0 aromatic heterocycles. The van der Waals surface area contributed by atoms with Crippen LogP contribution in [0.5, 0.6) is 11.5 Å². The molecule has 2 rings (SSSR count). The summed E-state index contributed by atoms with van der Waals surface area (Å²) < 4.78 is 5.60. The van der Waals surface area contributed by atoms with Gasteiger partial charge in [-0.1, -0.05) is 24.3 Å². The molecule has 0 saturated heterocycles. The molecular weight excluding hydrogens is 232 g/mol. The first-order chi connectivity index (χ1) is 8.50. The highest BCUT2D eigenvalue weighted by Gasteiger charge is 2.17. The van der Waals surface area contributed by atoms with Crippen molar-refractivity contribution in [3.8, 4) is 11.5 Å². The van der Waals surface area contributed by atoms with E-state index in [-0.39, 0.29) is 17.4 Å². The summed E-state index contributed by atoms with van der Waals surface area (Å²) in [6.45, 7) is 3.73. The van der Waals surface area contributed by atoms with Crippen molar-refractivity contribution in [2.75, 3.05) is 0 Å². The molecule has 0 fully saturated rings. The Morgan fingerprint density at radius 1 is 1.22 bits per heavy atom. The van der Waals surface area contributed by atoms with Crippen molar-refractivity contribution in [2.45, 2.75) is 20.0 Å². The number of rotatable bonds is 3. The molecule has 0 aliphatic carbocycles. The van der Waals surface area contributed by atoms with E-state index in [1.54, 1.807) is 18.2 Å². The molecule has 0 spiro atoms. The molecule has 2 aromatic rings. The molecule has 18 heavy (non-hydrogen) atoms. The molecule has 2 aromatic carbocycles. The second-order valence-electron chi connectivity index (χ2n) is 4.29. The summed E-state index contributed by atoms with van der Waals surface area (Å²) in [5, 5.41) is 20.2. The predicted molar refractivity (Wildman–Crippen MR) is 68.3 cm³/mol. The molecule has 4 heteroatoms. The number of phenols is 1. The lowest BCUT2D eigenvalue weighted by atomic mass is 10.0. The smallest absolute Gasteiger partial charge is 0.339 e. The third-order valence-electron chi connectivity index (χ3n) is 2.57. The van der Waals surface area contributed by atoms with Crippen molar-refractivity contribution >= 4 is 16.7 Å². The lowest BCUT2D eigenvalue weighted by Crippen LogP contribution is -2.07. The maximum atomic E-state index is 11.1. The monoisotopic (exact) mass is 246 g/mol. The lowest BCUT2D eigenvalue weighted by molar-refractivity contribution is 0.0693. The van der Waals surface area contributed by atoms with Gasteiger partial charge in [0.15, 0.2) is 0 Å². The van der Waals surface area contributed by atoms with Crippen molar-refractivity contribution in [3.05, 3.63) is 35.9 Å². The number of hydrogen-bond acceptors (Lipinski definition) is 3. The minimum Gasteiger partial charge on any atom is -0.506 e. The number of carbonyl (C=O) groups is 1. The van der Waals surface area contributed by atoms with Gasteiger partial charge < -0.3 is 14.9 Å². The zero-order valence-electron chi connectivity index (χ0n) is 10.2. The Morgan fingerprint density at radius 3 is 2.39 bits per heavy atom. The molecule has 0 aliphatic heterocycles. The summed E-state index contributed by atoms with van der Waals surface area (Å²) in [4.78, 5) is 11.1. The number of carboxylic acids is 1. The molecule has 0 unspecified atom stereocenters. The van der Waals surface area contributed by atoms with Gasteiger partial charge in [0.2, 0.25) is 0 Å². The van der Waals surface area contributed by atoms with Crippen LogP contribution in [0, 0.1) is 0 Å². The van der Waals surface area contributed by atoms with Crippen LogP contribution in [-0.2, 0) is 0 Å². The SMILES string of the molecule is CC(C)Oc1cc(C(=O)O)c(O)c2ccccc12. The average molecular weight is 246 g/mol. The van der Waals surface area contributed by atoms with E-state index < -0.39 is 5.97 Å². The molecule has 0 radical (unpaired) electrons. The molecule has 0 heterocycles. The van der Waals surface area contributed by atoms with Crippen LogP contribution in [0.25, 0.3) is 10.8 Å². The Balaban J connectivity index is 2.75. The Labute approximate surface area is 104 Å². The van der Waals surface area contributed by atoms with E-state index in [2.05, 4.69) is 0 Å². The topological polar surface area (TPSA) is 66.8 Å². The Kier molecular flexibility index (Phi) is 3.10. The van der Waals surface area contributed by atoms with Gasteiger partial charge in [-0.25, -0.2) is 4.79 Å². The molecule has 2 N–H and O–H groups in total. The molecule has 0 atom stereocenters. The van der Waals surface area contributed by atoms with Crippen LogP contribution < -0.4 is 4.74 Å². The summed E-state index contributed by atoms with van der Waals surface area (Å²) in [6.07, 6.45) is -0.0698. The number of hydrogen-bond donors (Lipinski definition) is 2. The molecule has 94 valence electrons. The van der Waals surface area contributed by atoms with E-state index in [4.69, 9.17) is 9.84 Å². The van der Waals surface area contributed by atoms with Gasteiger partial charge in [-0.05, 0) is 19.9 Å². The molecule has 0 saturated carbocycles. The van der Waals surface area contributed by atoms with Crippen LogP contribution in [-0.4, -0.2) is 22.3 Å². The fourth-order valence-corrected chi connectivity index (χ4v) is 1.84. The maximum absolute atomic E-state index is 11.1. The standard InChI is InChI=1S/C14H14O4/c1-8(2)18-12-7-11(14(16)17)13(15)10-6-4-3-5-9(10)12/h3-8,15H,1-2H3,(H,16,17). The predicted octanol–water partition coefficient (Wildman–Crippen LogP) is 3.03. The number of aromatic carboxylic acids is 1. The largest absolute Gasteiger partial charge is 0.506 e. The number of aromatic hydroxyl groups is 1. The van der Waals surface area contributed by atoms with E-state index in [0.29, 0.717) is 16.5 Å². The van der Waals surface area contributed by atoms with Gasteiger partial charge in [0, 0.05) is 10.8 Å². The van der Waals surface area contributed by atoms with Gasteiger partial charge in [-0.2, -0.15) is 0 Å². The third kappa shape index (κ3) is 2.09. The van der Waals surface area contributed by atoms with Crippen LogP contribution in [0.2, 0.25) is 0 Å². The average Bonchev–Trinajstić information content (AvgIpc) is 2.32. The molecule has 0 bridgehead atoms. The zero-order valence-corrected chi connectivity index (χ0v) is 10.2. The van der Waals surface area contributed by atoms with Crippen LogP contribution in [0.15, 0.2) is 30.3 Å². The summed E-state index contributed by atoms with van der Waals surface area (Å²) in [7, 11) is 0. The summed E-state index contributed by atoms with van der Waals surface area (Å²) >= 11 is 0. The van der Waals surface area contributed by atoms with E-state index in [9.17, 15) is 9.90 Å². The van der Waals surface area contributed by atoms with Gasteiger partial charge >= 0.3 is 5.97 Å². The van der Waals surface area contributed by atoms with Crippen LogP contribution in [0.3, 0.4) is 0 Å². The fraction of sp³-hybridized carbons (Fsp3) is 0.214. The van der Waals surface area contributed by atoms with Gasteiger partial charge in [0.05, 0.1) is 6.10 Å². The van der Waals surface area contributed by atoms with Gasteiger partial charge in [-0.3, -0.25) is 0 Å². The number of benzene rings is 2. The Bertz CT molecular complexity index is 602. The quantitative estimate of drug-likeness (QED) is 0.873. The summed E-state index contributed by atoms with van der Waals surface area (Å²) in [6, 6.07) is 8.38. The lowest BCUT2D eigenvalue weighted by Gasteiger charge is -2.14. The first-order valence-electron chi connectivity index (χ1n) is 5.65. The van der Waals surface area contributed by atoms with Crippen LogP contribution in [0.4, 0.5) is 0 Å². The Morgan fingerprint density at radius 2 is 1.83 bits per heavy atom. The van der Waals surface area contributed by atoms with Gasteiger partial charge in [0.1, 0.15) is 17.1 Å². The zero-order chi connectivity index (χ0) is 13.3. The van der Waals surface area contributed by atoms with Crippen molar-refractivity contribution in [2.24, 2.45) is 0 Å². The van der Waals surface area contributed by atoms with Crippen molar-refractivity contribution in [1.29, 1.82) is 0 Å². The van der Waals surface area contributed by atoms with Crippen molar-refractivity contribution in [1.82, 2.24) is 0 Å². The third-order valence-corrected chi connectivity index (χ3v) is 2.57. The molecular formula is C14H14O4. The van der Waals surface area contributed by atoms with Gasteiger partial charge in [0.25, 0.3) is 0 Å². The minimum absolute atomic E-state index is 0.0698. The van der Waals surface area contributed by atoms with E-state index in [0.717, 1.165) is 0 Å². The molecule has 0 aliphatic rings. The number of ether oxygens (including phenoxy) is 1. The maximum Gasteiger partial charge on any atom is 0.339 e. The van der Waals surface area contributed by atoms with E-state index in [1.807, 2.05) is 19.9 Å². The first kappa shape index (κ1) is 12.2. The highest BCUT2D eigenvalue weighted by molar-refractivity contribution is 6.03.